The van der Waals surface area contributed by atoms with Crippen LogP contribution < -0.4 is 4.90 Å². The summed E-state index contributed by atoms with van der Waals surface area (Å²) in [6, 6.07) is 11.4. The molecule has 0 aliphatic carbocycles. The van der Waals surface area contributed by atoms with Gasteiger partial charge in [0.05, 0.1) is 37.1 Å². The van der Waals surface area contributed by atoms with Gasteiger partial charge in [0.2, 0.25) is 5.91 Å². The molecule has 160 valence electrons. The fourth-order valence-corrected chi connectivity index (χ4v) is 4.06. The van der Waals surface area contributed by atoms with Gasteiger partial charge in [-0.15, -0.1) is 11.3 Å². The normalized spacial score (nSPS) is 11.0. The van der Waals surface area contributed by atoms with Gasteiger partial charge in [0.15, 0.2) is 0 Å². The van der Waals surface area contributed by atoms with Gasteiger partial charge in [0, 0.05) is 19.3 Å². The molecule has 30 heavy (non-hydrogen) atoms. The summed E-state index contributed by atoms with van der Waals surface area (Å²) in [5, 5.41) is 1.94. The molecule has 1 amide bonds. The van der Waals surface area contributed by atoms with E-state index in [2.05, 4.69) is 0 Å². The third-order valence-corrected chi connectivity index (χ3v) is 5.57. The predicted octanol–water partition coefficient (Wildman–Crippen LogP) is 3.49. The SMILES string of the molecule is COCCOCCN(C(=O)Cn1c(C(=O)OC)cc2sccc21)c1cccc(C)c1. The molecule has 2 aromatic heterocycles. The summed E-state index contributed by atoms with van der Waals surface area (Å²) in [7, 11) is 2.96. The minimum Gasteiger partial charge on any atom is -0.464 e. The molecule has 0 saturated carbocycles. The van der Waals surface area contributed by atoms with Crippen LogP contribution in [0.2, 0.25) is 0 Å². The van der Waals surface area contributed by atoms with Crippen LogP contribution in [0.3, 0.4) is 0 Å². The van der Waals surface area contributed by atoms with Crippen molar-refractivity contribution < 1.29 is 23.8 Å². The zero-order valence-corrected chi connectivity index (χ0v) is 18.2. The lowest BCUT2D eigenvalue weighted by Crippen LogP contribution is -2.37. The number of carbonyl (C=O) groups excluding carboxylic acids is 2. The number of rotatable bonds is 10. The van der Waals surface area contributed by atoms with Crippen molar-refractivity contribution in [2.45, 2.75) is 13.5 Å². The lowest BCUT2D eigenvalue weighted by atomic mass is 10.2. The molecule has 0 unspecified atom stereocenters. The monoisotopic (exact) mass is 430 g/mol. The number of fused-ring (bicyclic) bond motifs is 1. The maximum atomic E-state index is 13.3. The predicted molar refractivity (Wildman–Crippen MR) is 117 cm³/mol. The van der Waals surface area contributed by atoms with Gasteiger partial charge in [-0.25, -0.2) is 4.79 Å². The number of hydrogen-bond acceptors (Lipinski definition) is 6. The Hall–Kier alpha value is -2.68. The van der Waals surface area contributed by atoms with Crippen molar-refractivity contribution >= 4 is 39.1 Å². The van der Waals surface area contributed by atoms with E-state index in [1.807, 2.05) is 42.6 Å². The summed E-state index contributed by atoms with van der Waals surface area (Å²) in [6.45, 7) is 3.75. The molecule has 0 aliphatic rings. The third kappa shape index (κ3) is 5.08. The van der Waals surface area contributed by atoms with E-state index >= 15 is 0 Å². The smallest absolute Gasteiger partial charge is 0.354 e. The lowest BCUT2D eigenvalue weighted by Gasteiger charge is -2.24. The van der Waals surface area contributed by atoms with Crippen LogP contribution in [0.15, 0.2) is 41.8 Å². The van der Waals surface area contributed by atoms with Gasteiger partial charge in [-0.3, -0.25) is 4.79 Å². The van der Waals surface area contributed by atoms with E-state index < -0.39 is 5.97 Å². The fraction of sp³-hybridized carbons (Fsp3) is 0.364. The zero-order valence-electron chi connectivity index (χ0n) is 17.4. The van der Waals surface area contributed by atoms with Crippen LogP contribution in [0.4, 0.5) is 5.69 Å². The van der Waals surface area contributed by atoms with Gasteiger partial charge in [0.25, 0.3) is 0 Å². The van der Waals surface area contributed by atoms with Crippen LogP contribution >= 0.6 is 11.3 Å². The minimum atomic E-state index is -0.462. The van der Waals surface area contributed by atoms with Crippen molar-refractivity contribution in [3.05, 3.63) is 53.0 Å². The van der Waals surface area contributed by atoms with Crippen molar-refractivity contribution in [3.63, 3.8) is 0 Å². The molecule has 1 aromatic carbocycles. The Bertz CT molecular complexity index is 1010. The first-order valence-corrected chi connectivity index (χ1v) is 10.5. The number of methoxy groups -OCH3 is 2. The molecule has 8 heteroatoms. The molecule has 7 nitrogen and oxygen atoms in total. The van der Waals surface area contributed by atoms with Crippen molar-refractivity contribution in [3.8, 4) is 0 Å². The molecule has 0 radical (unpaired) electrons. The first-order chi connectivity index (χ1) is 14.5. The second-order valence-corrected chi connectivity index (χ2v) is 7.71. The Kier molecular flexibility index (Phi) is 7.62. The van der Waals surface area contributed by atoms with E-state index in [0.717, 1.165) is 21.5 Å². The Morgan fingerprint density at radius 3 is 2.67 bits per heavy atom. The number of ether oxygens (including phenoxy) is 3. The third-order valence-electron chi connectivity index (χ3n) is 4.72. The molecule has 0 saturated heterocycles. The summed E-state index contributed by atoms with van der Waals surface area (Å²) in [6.07, 6.45) is 0. The number of nitrogens with zero attached hydrogens (tertiary/aromatic N) is 2. The van der Waals surface area contributed by atoms with Gasteiger partial charge >= 0.3 is 5.97 Å². The van der Waals surface area contributed by atoms with Crippen molar-refractivity contribution in [2.24, 2.45) is 0 Å². The first kappa shape index (κ1) is 22.0. The van der Waals surface area contributed by atoms with Crippen LogP contribution in [0, 0.1) is 6.92 Å². The summed E-state index contributed by atoms with van der Waals surface area (Å²) in [4.78, 5) is 27.3. The Morgan fingerprint density at radius 2 is 1.93 bits per heavy atom. The topological polar surface area (TPSA) is 70.0 Å². The molecular weight excluding hydrogens is 404 g/mol. The molecule has 3 aromatic rings. The number of carbonyl (C=O) groups is 2. The van der Waals surface area contributed by atoms with Crippen molar-refractivity contribution in [1.82, 2.24) is 4.57 Å². The highest BCUT2D eigenvalue weighted by Crippen LogP contribution is 2.26. The van der Waals surface area contributed by atoms with Crippen LogP contribution in [-0.2, 0) is 25.5 Å². The molecule has 0 N–H and O–H groups in total. The lowest BCUT2D eigenvalue weighted by molar-refractivity contribution is -0.119. The molecule has 0 spiro atoms. The molecule has 0 atom stereocenters. The fourth-order valence-electron chi connectivity index (χ4n) is 3.24. The van der Waals surface area contributed by atoms with Gasteiger partial charge in [-0.05, 0) is 42.1 Å². The highest BCUT2D eigenvalue weighted by atomic mass is 32.1. The Labute approximate surface area is 179 Å². The average Bonchev–Trinajstić information content (AvgIpc) is 3.32. The number of esters is 1. The molecule has 0 bridgehead atoms. The van der Waals surface area contributed by atoms with Gasteiger partial charge in [-0.2, -0.15) is 0 Å². The number of amides is 1. The van der Waals surface area contributed by atoms with E-state index in [1.54, 1.807) is 22.6 Å². The number of aryl methyl sites for hydroxylation is 1. The van der Waals surface area contributed by atoms with Crippen LogP contribution in [-0.4, -0.2) is 57.0 Å². The Balaban J connectivity index is 1.85. The van der Waals surface area contributed by atoms with E-state index in [4.69, 9.17) is 14.2 Å². The van der Waals surface area contributed by atoms with Crippen molar-refractivity contribution in [2.75, 3.05) is 45.5 Å². The molecule has 2 heterocycles. The minimum absolute atomic E-state index is 0.0245. The summed E-state index contributed by atoms with van der Waals surface area (Å²) >= 11 is 1.52. The van der Waals surface area contributed by atoms with Gasteiger partial charge in [-0.1, -0.05) is 12.1 Å². The molecular formula is C22H26N2O5S. The summed E-state index contributed by atoms with van der Waals surface area (Å²) < 4.78 is 18.1. The quantitative estimate of drug-likeness (QED) is 0.364. The van der Waals surface area contributed by atoms with Gasteiger partial charge < -0.3 is 23.7 Å². The maximum absolute atomic E-state index is 13.3. The Morgan fingerprint density at radius 1 is 1.10 bits per heavy atom. The highest BCUT2D eigenvalue weighted by molar-refractivity contribution is 7.17. The molecule has 0 fully saturated rings. The van der Waals surface area contributed by atoms with E-state index in [1.165, 1.54) is 18.4 Å². The highest BCUT2D eigenvalue weighted by Gasteiger charge is 2.22. The van der Waals surface area contributed by atoms with E-state index in [-0.39, 0.29) is 12.5 Å². The van der Waals surface area contributed by atoms with Gasteiger partial charge in [0.1, 0.15) is 12.2 Å². The first-order valence-electron chi connectivity index (χ1n) is 9.64. The number of benzene rings is 1. The standard InChI is InChI=1S/C22H26N2O5S/c1-16-5-4-6-17(13-16)23(8-9-29-11-10-27-2)21(25)15-24-18-7-12-30-20(18)14-19(24)22(26)28-3/h4-7,12-14H,8-11,15H2,1-3H3. The average molecular weight is 431 g/mol. The number of aromatic nitrogens is 1. The summed E-state index contributed by atoms with van der Waals surface area (Å²) in [5.74, 6) is -0.596. The molecule has 3 rings (SSSR count). The molecule has 0 aliphatic heterocycles. The second kappa shape index (κ2) is 10.4. The second-order valence-electron chi connectivity index (χ2n) is 6.77. The number of hydrogen-bond donors (Lipinski definition) is 0. The van der Waals surface area contributed by atoms with Crippen LogP contribution in [0.1, 0.15) is 16.1 Å². The zero-order chi connectivity index (χ0) is 21.5. The number of anilines is 1. The summed E-state index contributed by atoms with van der Waals surface area (Å²) in [5.41, 5.74) is 3.06. The van der Waals surface area contributed by atoms with E-state index in [9.17, 15) is 9.59 Å². The van der Waals surface area contributed by atoms with Crippen LogP contribution in [0.5, 0.6) is 0 Å². The van der Waals surface area contributed by atoms with Crippen LogP contribution in [0.25, 0.3) is 10.2 Å². The largest absolute Gasteiger partial charge is 0.464 e. The number of thiophene rings is 1. The van der Waals surface area contributed by atoms with Crippen molar-refractivity contribution in [1.29, 1.82) is 0 Å². The van der Waals surface area contributed by atoms with E-state index in [0.29, 0.717) is 32.1 Å². The maximum Gasteiger partial charge on any atom is 0.354 e.